The summed E-state index contributed by atoms with van der Waals surface area (Å²) in [6, 6.07) is 0. The van der Waals surface area contributed by atoms with Crippen LogP contribution in [0.25, 0.3) is 0 Å². The maximum Gasteiger partial charge on any atom is 0.231 e. The Morgan fingerprint density at radius 2 is 2.36 bits per heavy atom. The molecule has 0 amide bonds. The Balaban J connectivity index is 1.54. The second-order valence-corrected chi connectivity index (χ2v) is 6.64. The molecule has 1 saturated heterocycles. The van der Waals surface area contributed by atoms with Crippen LogP contribution >= 0.6 is 0 Å². The van der Waals surface area contributed by atoms with Gasteiger partial charge in [-0.3, -0.25) is 5.10 Å². The first-order valence-electron chi connectivity index (χ1n) is 8.23. The first-order chi connectivity index (χ1) is 10.7. The number of nitrogens with zero attached hydrogens (tertiary/aromatic N) is 4. The molecule has 0 radical (unpaired) electrons. The zero-order valence-corrected chi connectivity index (χ0v) is 13.5. The number of aromatic nitrogens is 4. The van der Waals surface area contributed by atoms with Gasteiger partial charge < -0.3 is 9.42 Å². The summed E-state index contributed by atoms with van der Waals surface area (Å²) in [6.07, 6.45) is 8.13. The maximum absolute atomic E-state index is 5.50. The van der Waals surface area contributed by atoms with E-state index in [0.717, 1.165) is 50.6 Å². The van der Waals surface area contributed by atoms with Gasteiger partial charge >= 0.3 is 0 Å². The van der Waals surface area contributed by atoms with E-state index in [9.17, 15) is 0 Å². The Bertz CT molecular complexity index is 563. The lowest BCUT2D eigenvalue weighted by Gasteiger charge is -2.30. The van der Waals surface area contributed by atoms with E-state index < -0.39 is 0 Å². The van der Waals surface area contributed by atoms with Crippen LogP contribution in [0.3, 0.4) is 0 Å². The molecular formula is C16H25N5O. The molecule has 3 heterocycles. The zero-order chi connectivity index (χ0) is 15.4. The molecule has 6 heteroatoms. The van der Waals surface area contributed by atoms with Crippen molar-refractivity contribution in [3.05, 3.63) is 29.7 Å². The van der Waals surface area contributed by atoms with Gasteiger partial charge in [0.25, 0.3) is 0 Å². The Labute approximate surface area is 131 Å². The topological polar surface area (TPSA) is 70.8 Å². The Morgan fingerprint density at radius 1 is 1.45 bits per heavy atom. The number of likely N-dealkylation sites (tertiary alicyclic amines) is 1. The molecule has 2 aromatic rings. The molecule has 0 aliphatic carbocycles. The molecule has 6 nitrogen and oxygen atoms in total. The van der Waals surface area contributed by atoms with E-state index in [1.807, 2.05) is 12.4 Å². The van der Waals surface area contributed by atoms with E-state index in [0.29, 0.717) is 11.8 Å². The molecule has 22 heavy (non-hydrogen) atoms. The van der Waals surface area contributed by atoms with E-state index in [-0.39, 0.29) is 0 Å². The van der Waals surface area contributed by atoms with Crippen molar-refractivity contribution in [2.45, 2.75) is 45.4 Å². The molecule has 1 unspecified atom stereocenters. The van der Waals surface area contributed by atoms with E-state index in [1.54, 1.807) is 0 Å². The van der Waals surface area contributed by atoms with Crippen molar-refractivity contribution in [2.75, 3.05) is 19.6 Å². The summed E-state index contributed by atoms with van der Waals surface area (Å²) in [4.78, 5) is 7.09. The highest BCUT2D eigenvalue weighted by Crippen LogP contribution is 2.26. The van der Waals surface area contributed by atoms with Gasteiger partial charge in [-0.05, 0) is 37.3 Å². The fraction of sp³-hybridized carbons (Fsp3) is 0.688. The van der Waals surface area contributed by atoms with Gasteiger partial charge in [-0.25, -0.2) is 0 Å². The standard InChI is InChI=1S/C16H25N5O/c1-12(2)8-15-19-16(22-20-15)14-4-3-6-21(11-14)7-5-13-9-17-18-10-13/h9-10,12,14H,3-8,11H2,1-2H3,(H,17,18). The van der Waals surface area contributed by atoms with Crippen LogP contribution in [-0.2, 0) is 12.8 Å². The summed E-state index contributed by atoms with van der Waals surface area (Å²) in [7, 11) is 0. The fourth-order valence-corrected chi connectivity index (χ4v) is 3.04. The number of hydrogen-bond acceptors (Lipinski definition) is 5. The molecule has 2 aromatic heterocycles. The van der Waals surface area contributed by atoms with Crippen LogP contribution in [0.5, 0.6) is 0 Å². The van der Waals surface area contributed by atoms with Gasteiger partial charge in [0.2, 0.25) is 5.89 Å². The molecule has 3 rings (SSSR count). The van der Waals surface area contributed by atoms with Crippen molar-refractivity contribution in [1.82, 2.24) is 25.2 Å². The highest BCUT2D eigenvalue weighted by molar-refractivity contribution is 5.03. The van der Waals surface area contributed by atoms with Crippen molar-refractivity contribution in [3.63, 3.8) is 0 Å². The van der Waals surface area contributed by atoms with Crippen molar-refractivity contribution >= 4 is 0 Å². The summed E-state index contributed by atoms with van der Waals surface area (Å²) in [5.74, 6) is 2.61. The predicted octanol–water partition coefficient (Wildman–Crippen LogP) is 2.41. The van der Waals surface area contributed by atoms with Crippen LogP contribution in [0.15, 0.2) is 16.9 Å². The fourth-order valence-electron chi connectivity index (χ4n) is 3.04. The number of hydrogen-bond donors (Lipinski definition) is 1. The summed E-state index contributed by atoms with van der Waals surface area (Å²) in [5, 5.41) is 11.0. The molecule has 1 aliphatic rings. The van der Waals surface area contributed by atoms with Gasteiger partial charge in [-0.1, -0.05) is 19.0 Å². The molecule has 0 bridgehead atoms. The molecule has 0 aromatic carbocycles. The lowest BCUT2D eigenvalue weighted by Crippen LogP contribution is -2.35. The molecule has 1 aliphatic heterocycles. The van der Waals surface area contributed by atoms with E-state index in [4.69, 9.17) is 4.52 Å². The lowest BCUT2D eigenvalue weighted by molar-refractivity contribution is 0.188. The third-order valence-electron chi connectivity index (χ3n) is 4.20. The molecule has 0 spiro atoms. The Kier molecular flexibility index (Phi) is 4.87. The maximum atomic E-state index is 5.50. The van der Waals surface area contributed by atoms with E-state index >= 15 is 0 Å². The quantitative estimate of drug-likeness (QED) is 0.887. The SMILES string of the molecule is CC(C)Cc1noc(C2CCCN(CCc3cn[nH]c3)C2)n1. The highest BCUT2D eigenvalue weighted by atomic mass is 16.5. The van der Waals surface area contributed by atoms with Crippen molar-refractivity contribution in [2.24, 2.45) is 5.92 Å². The monoisotopic (exact) mass is 303 g/mol. The summed E-state index contributed by atoms with van der Waals surface area (Å²) >= 11 is 0. The van der Waals surface area contributed by atoms with Crippen molar-refractivity contribution in [1.29, 1.82) is 0 Å². The van der Waals surface area contributed by atoms with Gasteiger partial charge in [0.05, 0.1) is 12.1 Å². The first kappa shape index (κ1) is 15.2. The molecule has 1 atom stereocenters. The number of nitrogens with one attached hydrogen (secondary N) is 1. The average Bonchev–Trinajstić information content (AvgIpc) is 3.16. The predicted molar refractivity (Wildman–Crippen MR) is 83.5 cm³/mol. The molecular weight excluding hydrogens is 278 g/mol. The zero-order valence-electron chi connectivity index (χ0n) is 13.5. The van der Waals surface area contributed by atoms with Gasteiger partial charge in [0.15, 0.2) is 5.82 Å². The third kappa shape index (κ3) is 3.94. The normalized spacial score (nSPS) is 19.9. The first-order valence-corrected chi connectivity index (χ1v) is 8.23. The van der Waals surface area contributed by atoms with Gasteiger partial charge in [-0.2, -0.15) is 10.1 Å². The van der Waals surface area contributed by atoms with Crippen LogP contribution in [0.2, 0.25) is 0 Å². The van der Waals surface area contributed by atoms with E-state index in [1.165, 1.54) is 12.0 Å². The summed E-state index contributed by atoms with van der Waals surface area (Å²) in [5.41, 5.74) is 1.26. The number of H-pyrrole nitrogens is 1. The van der Waals surface area contributed by atoms with Crippen LogP contribution in [-0.4, -0.2) is 44.9 Å². The van der Waals surface area contributed by atoms with Crippen molar-refractivity contribution in [3.8, 4) is 0 Å². The summed E-state index contributed by atoms with van der Waals surface area (Å²) in [6.45, 7) is 7.58. The molecule has 1 N–H and O–H groups in total. The largest absolute Gasteiger partial charge is 0.339 e. The number of aromatic amines is 1. The van der Waals surface area contributed by atoms with Crippen LogP contribution in [0.4, 0.5) is 0 Å². The van der Waals surface area contributed by atoms with Gasteiger partial charge in [0, 0.05) is 25.7 Å². The Morgan fingerprint density at radius 3 is 3.14 bits per heavy atom. The number of rotatable bonds is 6. The summed E-state index contributed by atoms with van der Waals surface area (Å²) < 4.78 is 5.50. The highest BCUT2D eigenvalue weighted by Gasteiger charge is 2.25. The second-order valence-electron chi connectivity index (χ2n) is 6.64. The molecule has 120 valence electrons. The lowest BCUT2D eigenvalue weighted by atomic mass is 9.97. The van der Waals surface area contributed by atoms with Gasteiger partial charge in [0.1, 0.15) is 0 Å². The van der Waals surface area contributed by atoms with Crippen LogP contribution < -0.4 is 0 Å². The minimum Gasteiger partial charge on any atom is -0.339 e. The van der Waals surface area contributed by atoms with Crippen LogP contribution in [0.1, 0.15) is 49.9 Å². The molecule has 0 saturated carbocycles. The number of piperidine rings is 1. The average molecular weight is 303 g/mol. The second kappa shape index (κ2) is 7.05. The minimum atomic E-state index is 0.381. The third-order valence-corrected chi connectivity index (χ3v) is 4.20. The van der Waals surface area contributed by atoms with E-state index in [2.05, 4.69) is 39.1 Å². The minimum absolute atomic E-state index is 0.381. The van der Waals surface area contributed by atoms with Crippen molar-refractivity contribution < 1.29 is 4.52 Å². The van der Waals surface area contributed by atoms with Gasteiger partial charge in [-0.15, -0.1) is 0 Å². The Hall–Kier alpha value is -1.69. The molecule has 1 fully saturated rings. The van der Waals surface area contributed by atoms with Crippen LogP contribution in [0, 0.1) is 5.92 Å². The smallest absolute Gasteiger partial charge is 0.231 e.